The smallest absolute Gasteiger partial charge is 0.293 e. The summed E-state index contributed by atoms with van der Waals surface area (Å²) in [6.45, 7) is 0.0912. The summed E-state index contributed by atoms with van der Waals surface area (Å²) in [7, 11) is 1.61. The summed E-state index contributed by atoms with van der Waals surface area (Å²) in [5.41, 5.74) is 2.06. The van der Waals surface area contributed by atoms with Gasteiger partial charge in [0.15, 0.2) is 0 Å². The minimum atomic E-state index is -0.350. The highest BCUT2D eigenvalue weighted by atomic mass is 32.2. The molecule has 27 heavy (non-hydrogen) atoms. The van der Waals surface area contributed by atoms with Gasteiger partial charge in [-0.05, 0) is 47.2 Å². The van der Waals surface area contributed by atoms with Crippen molar-refractivity contribution in [2.24, 2.45) is 0 Å². The first kappa shape index (κ1) is 18.5. The van der Waals surface area contributed by atoms with E-state index < -0.39 is 0 Å². The Balaban J connectivity index is 1.72. The van der Waals surface area contributed by atoms with Crippen molar-refractivity contribution >= 4 is 29.0 Å². The van der Waals surface area contributed by atoms with E-state index in [1.807, 2.05) is 30.3 Å². The molecule has 6 heteroatoms. The van der Waals surface area contributed by atoms with Gasteiger partial charge in [0, 0.05) is 0 Å². The van der Waals surface area contributed by atoms with E-state index in [4.69, 9.17) is 10.00 Å². The Bertz CT molecular complexity index is 972. The molecule has 2 aromatic rings. The van der Waals surface area contributed by atoms with Crippen molar-refractivity contribution in [3.05, 3.63) is 82.3 Å². The van der Waals surface area contributed by atoms with Gasteiger partial charge in [0.25, 0.3) is 11.1 Å². The number of allylic oxidation sites excluding steroid dienone is 2. The molecule has 0 atom stereocenters. The van der Waals surface area contributed by atoms with Crippen molar-refractivity contribution in [2.75, 3.05) is 7.11 Å². The second kappa shape index (κ2) is 8.39. The van der Waals surface area contributed by atoms with Crippen molar-refractivity contribution in [1.82, 2.24) is 4.90 Å². The molecule has 134 valence electrons. The van der Waals surface area contributed by atoms with Crippen molar-refractivity contribution in [3.63, 3.8) is 0 Å². The second-order valence-electron chi connectivity index (χ2n) is 5.69. The summed E-state index contributed by atoms with van der Waals surface area (Å²) < 4.78 is 5.11. The number of hydrogen-bond donors (Lipinski definition) is 0. The number of thioether (sulfide) groups is 1. The molecule has 0 aliphatic carbocycles. The number of amides is 2. The monoisotopic (exact) mass is 376 g/mol. The number of carbonyl (C=O) groups excluding carboxylic acids is 2. The predicted octanol–water partition coefficient (Wildman–Crippen LogP) is 4.36. The van der Waals surface area contributed by atoms with Crippen LogP contribution in [0.3, 0.4) is 0 Å². The number of ether oxygens (including phenoxy) is 1. The van der Waals surface area contributed by atoms with E-state index in [0.29, 0.717) is 16.0 Å². The number of nitriles is 1. The van der Waals surface area contributed by atoms with Crippen LogP contribution in [0.5, 0.6) is 5.75 Å². The number of benzene rings is 2. The SMILES string of the molecule is COc1ccc(/C=C/C=C2/SC(=O)N(Cc3ccccc3C#N)C2=O)cc1. The number of rotatable bonds is 5. The summed E-state index contributed by atoms with van der Waals surface area (Å²) in [6.07, 6.45) is 5.21. The summed E-state index contributed by atoms with van der Waals surface area (Å²) in [5, 5.41) is 8.83. The van der Waals surface area contributed by atoms with Gasteiger partial charge in [-0.1, -0.05) is 42.5 Å². The minimum absolute atomic E-state index is 0.0912. The molecule has 0 radical (unpaired) electrons. The maximum atomic E-state index is 12.5. The quantitative estimate of drug-likeness (QED) is 0.725. The Hall–Kier alpha value is -3.30. The number of methoxy groups -OCH3 is 1. The molecule has 0 unspecified atom stereocenters. The lowest BCUT2D eigenvalue weighted by Gasteiger charge is -2.13. The van der Waals surface area contributed by atoms with E-state index in [9.17, 15) is 9.59 Å². The van der Waals surface area contributed by atoms with Crippen LogP contribution in [-0.4, -0.2) is 23.2 Å². The second-order valence-corrected chi connectivity index (χ2v) is 6.68. The predicted molar refractivity (Wildman–Crippen MR) is 105 cm³/mol. The maximum absolute atomic E-state index is 12.5. The van der Waals surface area contributed by atoms with Crippen molar-refractivity contribution in [2.45, 2.75) is 6.54 Å². The Morgan fingerprint density at radius 3 is 2.59 bits per heavy atom. The first-order chi connectivity index (χ1) is 13.1. The molecular weight excluding hydrogens is 360 g/mol. The van der Waals surface area contributed by atoms with E-state index in [-0.39, 0.29) is 17.7 Å². The fourth-order valence-corrected chi connectivity index (χ4v) is 3.34. The van der Waals surface area contributed by atoms with Crippen LogP contribution < -0.4 is 4.74 Å². The summed E-state index contributed by atoms with van der Waals surface area (Å²) in [4.78, 5) is 26.3. The van der Waals surface area contributed by atoms with E-state index in [1.54, 1.807) is 43.5 Å². The van der Waals surface area contributed by atoms with Crippen LogP contribution in [0.15, 0.2) is 65.6 Å². The van der Waals surface area contributed by atoms with E-state index in [1.165, 1.54) is 0 Å². The van der Waals surface area contributed by atoms with Crippen LogP contribution in [0.2, 0.25) is 0 Å². The largest absolute Gasteiger partial charge is 0.497 e. The number of carbonyl (C=O) groups is 2. The number of nitrogens with zero attached hydrogens (tertiary/aromatic N) is 2. The fraction of sp³-hybridized carbons (Fsp3) is 0.0952. The lowest BCUT2D eigenvalue weighted by Crippen LogP contribution is -2.27. The van der Waals surface area contributed by atoms with Crippen LogP contribution in [0, 0.1) is 11.3 Å². The molecule has 1 heterocycles. The Morgan fingerprint density at radius 2 is 1.89 bits per heavy atom. The third kappa shape index (κ3) is 4.27. The number of imide groups is 1. The Labute approximate surface area is 161 Å². The van der Waals surface area contributed by atoms with Gasteiger partial charge in [0.05, 0.1) is 30.2 Å². The molecule has 0 N–H and O–H groups in total. The number of hydrogen-bond acceptors (Lipinski definition) is 5. The Kier molecular flexibility index (Phi) is 5.74. The molecule has 0 aromatic heterocycles. The lowest BCUT2D eigenvalue weighted by atomic mass is 10.1. The molecule has 1 fully saturated rings. The molecule has 5 nitrogen and oxygen atoms in total. The summed E-state index contributed by atoms with van der Waals surface area (Å²) >= 11 is 0.900. The van der Waals surface area contributed by atoms with Gasteiger partial charge in [0.1, 0.15) is 5.75 Å². The van der Waals surface area contributed by atoms with Gasteiger partial charge in [0.2, 0.25) is 0 Å². The molecule has 2 aromatic carbocycles. The molecule has 0 saturated carbocycles. The molecule has 0 spiro atoms. The zero-order valence-corrected chi connectivity index (χ0v) is 15.4. The molecule has 3 rings (SSSR count). The van der Waals surface area contributed by atoms with Crippen molar-refractivity contribution < 1.29 is 14.3 Å². The maximum Gasteiger partial charge on any atom is 0.293 e. The van der Waals surface area contributed by atoms with Gasteiger partial charge in [-0.3, -0.25) is 14.5 Å². The van der Waals surface area contributed by atoms with Crippen LogP contribution in [-0.2, 0) is 11.3 Å². The van der Waals surface area contributed by atoms with Gasteiger partial charge >= 0.3 is 0 Å². The molecule has 1 aliphatic rings. The molecule has 1 aliphatic heterocycles. The Morgan fingerprint density at radius 1 is 1.15 bits per heavy atom. The first-order valence-corrected chi connectivity index (χ1v) is 8.98. The van der Waals surface area contributed by atoms with Gasteiger partial charge in [-0.15, -0.1) is 0 Å². The standard InChI is InChI=1S/C21H16N2O3S/c1-26-18-11-9-15(10-12-18)5-4-8-19-20(24)23(21(25)27-19)14-17-7-3-2-6-16(17)13-22/h2-12H,14H2,1H3/b5-4+,19-8+. The van der Waals surface area contributed by atoms with Gasteiger partial charge in [-0.25, -0.2) is 0 Å². The molecule has 0 bridgehead atoms. The third-order valence-electron chi connectivity index (χ3n) is 3.99. The first-order valence-electron chi connectivity index (χ1n) is 8.16. The van der Waals surface area contributed by atoms with Crippen LogP contribution in [0.4, 0.5) is 4.79 Å². The molecular formula is C21H16N2O3S. The van der Waals surface area contributed by atoms with Crippen LogP contribution in [0.25, 0.3) is 6.08 Å². The highest BCUT2D eigenvalue weighted by Gasteiger charge is 2.34. The fourth-order valence-electron chi connectivity index (χ4n) is 2.55. The van der Waals surface area contributed by atoms with E-state index in [0.717, 1.165) is 28.0 Å². The van der Waals surface area contributed by atoms with E-state index in [2.05, 4.69) is 6.07 Å². The molecule has 1 saturated heterocycles. The van der Waals surface area contributed by atoms with Crippen molar-refractivity contribution in [3.8, 4) is 11.8 Å². The zero-order valence-electron chi connectivity index (χ0n) is 14.6. The topological polar surface area (TPSA) is 70.4 Å². The van der Waals surface area contributed by atoms with Crippen LogP contribution in [0.1, 0.15) is 16.7 Å². The lowest BCUT2D eigenvalue weighted by molar-refractivity contribution is -0.123. The van der Waals surface area contributed by atoms with Gasteiger partial charge < -0.3 is 4.74 Å². The normalized spacial score (nSPS) is 15.6. The zero-order chi connectivity index (χ0) is 19.2. The summed E-state index contributed by atoms with van der Waals surface area (Å²) in [5.74, 6) is 0.419. The van der Waals surface area contributed by atoms with Crippen LogP contribution >= 0.6 is 11.8 Å². The minimum Gasteiger partial charge on any atom is -0.497 e. The van der Waals surface area contributed by atoms with Gasteiger partial charge in [-0.2, -0.15) is 5.26 Å². The average Bonchev–Trinajstić information content (AvgIpc) is 2.96. The summed E-state index contributed by atoms with van der Waals surface area (Å²) in [6, 6.07) is 16.5. The highest BCUT2D eigenvalue weighted by Crippen LogP contribution is 2.32. The average molecular weight is 376 g/mol. The third-order valence-corrected chi connectivity index (χ3v) is 4.92. The van der Waals surface area contributed by atoms with E-state index >= 15 is 0 Å². The molecule has 2 amide bonds. The highest BCUT2D eigenvalue weighted by molar-refractivity contribution is 8.18. The van der Waals surface area contributed by atoms with Crippen molar-refractivity contribution in [1.29, 1.82) is 5.26 Å².